The topological polar surface area (TPSA) is 50.4 Å². The zero-order chi connectivity index (χ0) is 12.8. The minimum atomic E-state index is 0.0492. The quantitative estimate of drug-likeness (QED) is 0.777. The van der Waals surface area contributed by atoms with Crippen LogP contribution in [-0.2, 0) is 9.53 Å². The Morgan fingerprint density at radius 2 is 2.06 bits per heavy atom. The maximum atomic E-state index is 11.7. The van der Waals surface area contributed by atoms with Crippen molar-refractivity contribution in [3.8, 4) is 0 Å². The van der Waals surface area contributed by atoms with Gasteiger partial charge in [0.25, 0.3) is 0 Å². The summed E-state index contributed by atoms with van der Waals surface area (Å²) in [5.41, 5.74) is 0. The van der Waals surface area contributed by atoms with Crippen molar-refractivity contribution in [2.45, 2.75) is 45.1 Å². The number of hydrogen-bond acceptors (Lipinski definition) is 3. The number of carbonyl (C=O) groups excluding carboxylic acids is 1. The van der Waals surface area contributed by atoms with Crippen molar-refractivity contribution >= 4 is 5.91 Å². The lowest BCUT2D eigenvalue weighted by Crippen LogP contribution is -2.36. The van der Waals surface area contributed by atoms with Crippen molar-refractivity contribution in [3.63, 3.8) is 0 Å². The van der Waals surface area contributed by atoms with Gasteiger partial charge in [-0.05, 0) is 50.6 Å². The Balaban J connectivity index is 1.54. The molecule has 2 atom stereocenters. The Hall–Kier alpha value is -0.610. The predicted octanol–water partition coefficient (Wildman–Crippen LogP) is 1.31. The largest absolute Gasteiger partial charge is 0.368 e. The molecular weight excluding hydrogens is 228 g/mol. The van der Waals surface area contributed by atoms with Crippen LogP contribution in [0.3, 0.4) is 0 Å². The average Bonchev–Trinajstić information content (AvgIpc) is 2.81. The third-order valence-electron chi connectivity index (χ3n) is 4.13. The summed E-state index contributed by atoms with van der Waals surface area (Å²) in [6.07, 6.45) is 6.14. The Kier molecular flexibility index (Phi) is 5.45. The average molecular weight is 254 g/mol. The van der Waals surface area contributed by atoms with Crippen LogP contribution in [0.2, 0.25) is 0 Å². The van der Waals surface area contributed by atoms with E-state index in [9.17, 15) is 4.79 Å². The van der Waals surface area contributed by atoms with Crippen LogP contribution < -0.4 is 10.6 Å². The molecule has 1 aliphatic carbocycles. The van der Waals surface area contributed by atoms with Crippen LogP contribution in [0.1, 0.15) is 39.0 Å². The zero-order valence-electron chi connectivity index (χ0n) is 11.4. The minimum absolute atomic E-state index is 0.0492. The highest BCUT2D eigenvalue weighted by molar-refractivity contribution is 5.77. The second kappa shape index (κ2) is 7.10. The standard InChI is InChI=1S/C14H26N2O2/c1-11-2-3-12(8-11)9-16-14(17)10-18-13-4-6-15-7-5-13/h11-13,15H,2-10H2,1H3,(H,16,17). The molecule has 1 amide bonds. The number of piperidine rings is 1. The van der Waals surface area contributed by atoms with Gasteiger partial charge >= 0.3 is 0 Å². The molecule has 2 fully saturated rings. The molecule has 0 aromatic carbocycles. The van der Waals surface area contributed by atoms with Gasteiger partial charge in [0.1, 0.15) is 6.61 Å². The fraction of sp³-hybridized carbons (Fsp3) is 0.929. The summed E-state index contributed by atoms with van der Waals surface area (Å²) >= 11 is 0. The van der Waals surface area contributed by atoms with E-state index in [1.54, 1.807) is 0 Å². The highest BCUT2D eigenvalue weighted by atomic mass is 16.5. The van der Waals surface area contributed by atoms with E-state index in [1.807, 2.05) is 0 Å². The van der Waals surface area contributed by atoms with Gasteiger partial charge in [0.05, 0.1) is 6.10 Å². The Morgan fingerprint density at radius 3 is 2.72 bits per heavy atom. The van der Waals surface area contributed by atoms with Crippen LogP contribution in [0.25, 0.3) is 0 Å². The Bertz CT molecular complexity index is 254. The molecule has 0 spiro atoms. The number of hydrogen-bond donors (Lipinski definition) is 2. The van der Waals surface area contributed by atoms with Crippen molar-refractivity contribution < 1.29 is 9.53 Å². The maximum Gasteiger partial charge on any atom is 0.246 e. The molecule has 0 aromatic heterocycles. The summed E-state index contributed by atoms with van der Waals surface area (Å²) in [4.78, 5) is 11.7. The molecule has 2 aliphatic rings. The summed E-state index contributed by atoms with van der Waals surface area (Å²) in [6.45, 7) is 5.37. The van der Waals surface area contributed by atoms with Gasteiger partial charge < -0.3 is 15.4 Å². The molecule has 2 rings (SSSR count). The van der Waals surface area contributed by atoms with E-state index in [2.05, 4.69) is 17.6 Å². The first kappa shape index (κ1) is 13.8. The smallest absolute Gasteiger partial charge is 0.246 e. The monoisotopic (exact) mass is 254 g/mol. The Morgan fingerprint density at radius 1 is 1.28 bits per heavy atom. The van der Waals surface area contributed by atoms with Crippen molar-refractivity contribution in [2.24, 2.45) is 11.8 Å². The summed E-state index contributed by atoms with van der Waals surface area (Å²) in [5.74, 6) is 1.56. The summed E-state index contributed by atoms with van der Waals surface area (Å²) < 4.78 is 5.63. The van der Waals surface area contributed by atoms with Crippen molar-refractivity contribution in [2.75, 3.05) is 26.2 Å². The second-order valence-electron chi connectivity index (χ2n) is 5.85. The fourth-order valence-corrected chi connectivity index (χ4v) is 2.98. The minimum Gasteiger partial charge on any atom is -0.368 e. The molecule has 0 bridgehead atoms. The predicted molar refractivity (Wildman–Crippen MR) is 71.4 cm³/mol. The van der Waals surface area contributed by atoms with Gasteiger partial charge in [0.15, 0.2) is 0 Å². The van der Waals surface area contributed by atoms with Crippen molar-refractivity contribution in [3.05, 3.63) is 0 Å². The van der Waals surface area contributed by atoms with Gasteiger partial charge in [-0.3, -0.25) is 4.79 Å². The summed E-state index contributed by atoms with van der Waals surface area (Å²) in [6, 6.07) is 0. The summed E-state index contributed by atoms with van der Waals surface area (Å²) in [7, 11) is 0. The normalized spacial score (nSPS) is 29.4. The van der Waals surface area contributed by atoms with Crippen LogP contribution in [0.15, 0.2) is 0 Å². The lowest BCUT2D eigenvalue weighted by Gasteiger charge is -2.22. The van der Waals surface area contributed by atoms with Crippen LogP contribution in [0, 0.1) is 11.8 Å². The van der Waals surface area contributed by atoms with Crippen LogP contribution in [-0.4, -0.2) is 38.3 Å². The van der Waals surface area contributed by atoms with Gasteiger partial charge in [-0.25, -0.2) is 0 Å². The number of amides is 1. The third-order valence-corrected chi connectivity index (χ3v) is 4.13. The summed E-state index contributed by atoms with van der Waals surface area (Å²) in [5, 5.41) is 6.29. The highest BCUT2D eigenvalue weighted by Crippen LogP contribution is 2.29. The van der Waals surface area contributed by atoms with E-state index in [0.717, 1.165) is 38.4 Å². The number of ether oxygens (including phenoxy) is 1. The van der Waals surface area contributed by atoms with E-state index in [1.165, 1.54) is 19.3 Å². The first-order chi connectivity index (χ1) is 8.74. The van der Waals surface area contributed by atoms with E-state index in [4.69, 9.17) is 4.74 Å². The third kappa shape index (κ3) is 4.58. The van der Waals surface area contributed by atoms with Gasteiger partial charge in [0.2, 0.25) is 5.91 Å². The first-order valence-electron chi connectivity index (χ1n) is 7.33. The molecule has 1 aliphatic heterocycles. The Labute approximate surface area is 110 Å². The molecule has 4 heteroatoms. The van der Waals surface area contributed by atoms with Crippen LogP contribution in [0.5, 0.6) is 0 Å². The number of rotatable bonds is 5. The van der Waals surface area contributed by atoms with Crippen molar-refractivity contribution in [1.82, 2.24) is 10.6 Å². The number of nitrogens with one attached hydrogen (secondary N) is 2. The molecule has 4 nitrogen and oxygen atoms in total. The van der Waals surface area contributed by atoms with Gasteiger partial charge in [-0.2, -0.15) is 0 Å². The lowest BCUT2D eigenvalue weighted by molar-refractivity contribution is -0.128. The van der Waals surface area contributed by atoms with E-state index in [-0.39, 0.29) is 18.6 Å². The van der Waals surface area contributed by atoms with E-state index >= 15 is 0 Å². The van der Waals surface area contributed by atoms with Crippen molar-refractivity contribution in [1.29, 1.82) is 0 Å². The first-order valence-corrected chi connectivity index (χ1v) is 7.33. The molecule has 1 saturated carbocycles. The maximum absolute atomic E-state index is 11.7. The molecule has 18 heavy (non-hydrogen) atoms. The molecule has 0 radical (unpaired) electrons. The number of carbonyl (C=O) groups is 1. The zero-order valence-corrected chi connectivity index (χ0v) is 11.4. The fourth-order valence-electron chi connectivity index (χ4n) is 2.98. The molecule has 2 unspecified atom stereocenters. The lowest BCUT2D eigenvalue weighted by atomic mass is 10.1. The van der Waals surface area contributed by atoms with Gasteiger partial charge in [-0.15, -0.1) is 0 Å². The van der Waals surface area contributed by atoms with Gasteiger partial charge in [0, 0.05) is 6.54 Å². The van der Waals surface area contributed by atoms with Crippen LogP contribution >= 0.6 is 0 Å². The van der Waals surface area contributed by atoms with Gasteiger partial charge in [-0.1, -0.05) is 13.3 Å². The molecule has 104 valence electrons. The SMILES string of the molecule is CC1CCC(CNC(=O)COC2CCNCC2)C1. The molecule has 1 saturated heterocycles. The van der Waals surface area contributed by atoms with E-state index < -0.39 is 0 Å². The molecular formula is C14H26N2O2. The van der Waals surface area contributed by atoms with E-state index in [0.29, 0.717) is 5.92 Å². The second-order valence-corrected chi connectivity index (χ2v) is 5.85. The molecule has 2 N–H and O–H groups in total. The molecule has 0 aromatic rings. The highest BCUT2D eigenvalue weighted by Gasteiger charge is 2.21. The van der Waals surface area contributed by atoms with Crippen LogP contribution in [0.4, 0.5) is 0 Å². The molecule has 1 heterocycles.